The number of nitrogens with zero attached hydrogens (tertiary/aromatic N) is 1. The maximum Gasteiger partial charge on any atom is 0.227 e. The van der Waals surface area contributed by atoms with Crippen molar-refractivity contribution < 1.29 is 14.0 Å². The van der Waals surface area contributed by atoms with Crippen LogP contribution in [0.25, 0.3) is 0 Å². The summed E-state index contributed by atoms with van der Waals surface area (Å²) >= 11 is 0. The predicted octanol–water partition coefficient (Wildman–Crippen LogP) is 3.51. The maximum atomic E-state index is 13.0. The predicted molar refractivity (Wildman–Crippen MR) is 96.2 cm³/mol. The van der Waals surface area contributed by atoms with E-state index in [9.17, 15) is 14.0 Å². The Morgan fingerprint density at radius 3 is 2.48 bits per heavy atom. The van der Waals surface area contributed by atoms with Crippen LogP contribution in [-0.4, -0.2) is 29.8 Å². The van der Waals surface area contributed by atoms with Crippen molar-refractivity contribution in [2.75, 3.05) is 13.1 Å². The Morgan fingerprint density at radius 1 is 1.24 bits per heavy atom. The van der Waals surface area contributed by atoms with Gasteiger partial charge in [0.25, 0.3) is 0 Å². The molecule has 138 valence electrons. The lowest BCUT2D eigenvalue weighted by atomic mass is 9.80. The molecule has 1 aliphatic rings. The molecular formula is C20H29FN2O2. The lowest BCUT2D eigenvalue weighted by Crippen LogP contribution is -2.52. The van der Waals surface area contributed by atoms with Gasteiger partial charge in [-0.05, 0) is 50.3 Å². The smallest absolute Gasteiger partial charge is 0.227 e. The molecular weight excluding hydrogens is 319 g/mol. The van der Waals surface area contributed by atoms with E-state index in [-0.39, 0.29) is 23.5 Å². The second kappa shape index (κ2) is 8.45. The molecule has 1 aliphatic heterocycles. The Balaban J connectivity index is 1.97. The Kier molecular flexibility index (Phi) is 6.57. The van der Waals surface area contributed by atoms with Crippen molar-refractivity contribution in [3.63, 3.8) is 0 Å². The van der Waals surface area contributed by atoms with Gasteiger partial charge in [0.15, 0.2) is 0 Å². The summed E-state index contributed by atoms with van der Waals surface area (Å²) in [6.07, 6.45) is 3.28. The largest absolute Gasteiger partial charge is 0.351 e. The van der Waals surface area contributed by atoms with E-state index in [0.717, 1.165) is 37.8 Å². The zero-order chi connectivity index (χ0) is 18.4. The van der Waals surface area contributed by atoms with E-state index < -0.39 is 5.41 Å². The van der Waals surface area contributed by atoms with Crippen LogP contribution in [0.2, 0.25) is 0 Å². The van der Waals surface area contributed by atoms with Crippen molar-refractivity contribution in [2.24, 2.45) is 11.3 Å². The van der Waals surface area contributed by atoms with E-state index in [1.54, 1.807) is 12.1 Å². The normalized spacial score (nSPS) is 20.6. The molecule has 4 nitrogen and oxygen atoms in total. The number of likely N-dealkylation sites (tertiary alicyclic amines) is 1. The van der Waals surface area contributed by atoms with Gasteiger partial charge < -0.3 is 10.2 Å². The molecule has 1 N–H and O–H groups in total. The fourth-order valence-electron chi connectivity index (χ4n) is 3.51. The van der Waals surface area contributed by atoms with Crippen LogP contribution >= 0.6 is 0 Å². The number of rotatable bonds is 6. The van der Waals surface area contributed by atoms with Gasteiger partial charge in [0.05, 0.1) is 5.41 Å². The number of halogens is 1. The van der Waals surface area contributed by atoms with Crippen molar-refractivity contribution >= 4 is 11.8 Å². The highest BCUT2D eigenvalue weighted by atomic mass is 19.1. The SMILES string of the molecule is CCC(CC)C(=O)N1CCC[C@@](C)(C(=O)NCc2ccc(F)cc2)C1. The van der Waals surface area contributed by atoms with Gasteiger partial charge in [-0.1, -0.05) is 26.0 Å². The minimum Gasteiger partial charge on any atom is -0.351 e. The van der Waals surface area contributed by atoms with Gasteiger partial charge >= 0.3 is 0 Å². The number of nitrogens with one attached hydrogen (secondary N) is 1. The van der Waals surface area contributed by atoms with E-state index in [0.29, 0.717) is 13.1 Å². The van der Waals surface area contributed by atoms with Crippen LogP contribution in [0.4, 0.5) is 4.39 Å². The minimum atomic E-state index is -0.569. The van der Waals surface area contributed by atoms with Gasteiger partial charge in [0.1, 0.15) is 5.82 Å². The summed E-state index contributed by atoms with van der Waals surface area (Å²) in [5, 5.41) is 2.95. The van der Waals surface area contributed by atoms with E-state index in [1.165, 1.54) is 12.1 Å². The first-order chi connectivity index (χ1) is 11.9. The highest BCUT2D eigenvalue weighted by Crippen LogP contribution is 2.31. The van der Waals surface area contributed by atoms with Crippen LogP contribution in [0.15, 0.2) is 24.3 Å². The van der Waals surface area contributed by atoms with Crippen LogP contribution < -0.4 is 5.32 Å². The number of benzene rings is 1. The van der Waals surface area contributed by atoms with Gasteiger partial charge in [-0.2, -0.15) is 0 Å². The molecule has 1 heterocycles. The zero-order valence-electron chi connectivity index (χ0n) is 15.5. The average Bonchev–Trinajstić information content (AvgIpc) is 2.62. The van der Waals surface area contributed by atoms with Crippen LogP contribution in [0.3, 0.4) is 0 Å². The van der Waals surface area contributed by atoms with Crippen LogP contribution in [0.5, 0.6) is 0 Å². The molecule has 0 radical (unpaired) electrons. The third kappa shape index (κ3) is 4.80. The van der Waals surface area contributed by atoms with Crippen molar-refractivity contribution in [3.05, 3.63) is 35.6 Å². The summed E-state index contributed by atoms with van der Waals surface area (Å²) in [5.41, 5.74) is 0.291. The molecule has 5 heteroatoms. The van der Waals surface area contributed by atoms with Gasteiger partial charge in [-0.15, -0.1) is 0 Å². The van der Waals surface area contributed by atoms with Crippen molar-refractivity contribution in [2.45, 2.75) is 53.0 Å². The van der Waals surface area contributed by atoms with E-state index in [4.69, 9.17) is 0 Å². The standard InChI is InChI=1S/C20H29FN2O2/c1-4-16(5-2)18(24)23-12-6-11-20(3,14-23)19(25)22-13-15-7-9-17(21)10-8-15/h7-10,16H,4-6,11-14H2,1-3H3,(H,22,25)/t20-/m1/s1. The van der Waals surface area contributed by atoms with Crippen molar-refractivity contribution in [1.82, 2.24) is 10.2 Å². The summed E-state index contributed by atoms with van der Waals surface area (Å²) in [7, 11) is 0. The summed E-state index contributed by atoms with van der Waals surface area (Å²) in [5.74, 6) is -0.115. The lowest BCUT2D eigenvalue weighted by molar-refractivity contribution is -0.143. The summed E-state index contributed by atoms with van der Waals surface area (Å²) in [4.78, 5) is 27.2. The van der Waals surface area contributed by atoms with Crippen LogP contribution in [0, 0.1) is 17.2 Å². The molecule has 2 amide bonds. The molecule has 0 bridgehead atoms. The quantitative estimate of drug-likeness (QED) is 0.855. The van der Waals surface area contributed by atoms with Gasteiger partial charge in [-0.25, -0.2) is 4.39 Å². The summed E-state index contributed by atoms with van der Waals surface area (Å²) in [6, 6.07) is 6.11. The number of carbonyl (C=O) groups excluding carboxylic acids is 2. The summed E-state index contributed by atoms with van der Waals surface area (Å²) < 4.78 is 13.0. The molecule has 2 rings (SSSR count). The molecule has 0 unspecified atom stereocenters. The fraction of sp³-hybridized carbons (Fsp3) is 0.600. The molecule has 1 fully saturated rings. The van der Waals surface area contributed by atoms with E-state index >= 15 is 0 Å². The highest BCUT2D eigenvalue weighted by molar-refractivity contribution is 5.84. The molecule has 1 aromatic carbocycles. The second-order valence-electron chi connectivity index (χ2n) is 7.25. The average molecular weight is 348 g/mol. The molecule has 1 atom stereocenters. The first kappa shape index (κ1) is 19.4. The molecule has 25 heavy (non-hydrogen) atoms. The highest BCUT2D eigenvalue weighted by Gasteiger charge is 2.40. The first-order valence-corrected chi connectivity index (χ1v) is 9.21. The van der Waals surface area contributed by atoms with E-state index in [2.05, 4.69) is 5.32 Å². The zero-order valence-corrected chi connectivity index (χ0v) is 15.5. The number of piperidine rings is 1. The maximum absolute atomic E-state index is 13.0. The van der Waals surface area contributed by atoms with Gasteiger partial charge in [0.2, 0.25) is 11.8 Å². The molecule has 0 aliphatic carbocycles. The third-order valence-electron chi connectivity index (χ3n) is 5.26. The van der Waals surface area contributed by atoms with Crippen molar-refractivity contribution in [3.8, 4) is 0 Å². The minimum absolute atomic E-state index is 0.0427. The third-order valence-corrected chi connectivity index (χ3v) is 5.26. The van der Waals surface area contributed by atoms with Crippen LogP contribution in [-0.2, 0) is 16.1 Å². The molecule has 0 spiro atoms. The Bertz CT molecular complexity index is 598. The molecule has 1 aromatic rings. The second-order valence-corrected chi connectivity index (χ2v) is 7.25. The molecule has 0 aromatic heterocycles. The number of hydrogen-bond acceptors (Lipinski definition) is 2. The Hall–Kier alpha value is -1.91. The lowest BCUT2D eigenvalue weighted by Gasteiger charge is -2.40. The fourth-order valence-corrected chi connectivity index (χ4v) is 3.51. The van der Waals surface area contributed by atoms with E-state index in [1.807, 2.05) is 25.7 Å². The topological polar surface area (TPSA) is 49.4 Å². The monoisotopic (exact) mass is 348 g/mol. The summed E-state index contributed by atoms with van der Waals surface area (Å²) in [6.45, 7) is 7.57. The first-order valence-electron chi connectivity index (χ1n) is 9.21. The number of hydrogen-bond donors (Lipinski definition) is 1. The van der Waals surface area contributed by atoms with Crippen molar-refractivity contribution in [1.29, 1.82) is 0 Å². The number of amides is 2. The van der Waals surface area contributed by atoms with Gasteiger partial charge in [0, 0.05) is 25.6 Å². The Morgan fingerprint density at radius 2 is 1.88 bits per heavy atom. The Labute approximate surface area is 149 Å². The number of carbonyl (C=O) groups is 2. The molecule has 1 saturated heterocycles. The van der Waals surface area contributed by atoms with Crippen LogP contribution in [0.1, 0.15) is 52.0 Å². The molecule has 0 saturated carbocycles. The van der Waals surface area contributed by atoms with Gasteiger partial charge in [-0.3, -0.25) is 9.59 Å².